The van der Waals surface area contributed by atoms with Gasteiger partial charge < -0.3 is 15.3 Å². The first kappa shape index (κ1) is 15.9. The SMILES string of the molecule is O=C(O)C1CCN(C(=O)Nc2cnc(-c3ccccc3)nc2)CC1. The van der Waals surface area contributed by atoms with Crippen LogP contribution in [0.4, 0.5) is 10.5 Å². The molecule has 7 heteroatoms. The van der Waals surface area contributed by atoms with Crippen LogP contribution in [0, 0.1) is 5.92 Å². The average molecular weight is 326 g/mol. The number of likely N-dealkylation sites (tertiary alicyclic amines) is 1. The Balaban J connectivity index is 1.58. The number of nitrogens with zero attached hydrogens (tertiary/aromatic N) is 3. The molecule has 2 amide bonds. The number of urea groups is 1. The third-order valence-electron chi connectivity index (χ3n) is 4.07. The molecule has 1 saturated heterocycles. The second kappa shape index (κ2) is 7.08. The van der Waals surface area contributed by atoms with Crippen LogP contribution in [-0.2, 0) is 4.79 Å². The van der Waals surface area contributed by atoms with Crippen molar-refractivity contribution in [1.29, 1.82) is 0 Å². The molecular weight excluding hydrogens is 308 g/mol. The number of hydrogen-bond acceptors (Lipinski definition) is 4. The van der Waals surface area contributed by atoms with Crippen LogP contribution in [0.25, 0.3) is 11.4 Å². The number of rotatable bonds is 3. The fraction of sp³-hybridized carbons (Fsp3) is 0.294. The lowest BCUT2D eigenvalue weighted by Gasteiger charge is -2.30. The molecule has 124 valence electrons. The van der Waals surface area contributed by atoms with Gasteiger partial charge >= 0.3 is 12.0 Å². The number of anilines is 1. The van der Waals surface area contributed by atoms with Gasteiger partial charge in [-0.15, -0.1) is 0 Å². The van der Waals surface area contributed by atoms with Gasteiger partial charge in [-0.05, 0) is 12.8 Å². The maximum absolute atomic E-state index is 12.2. The smallest absolute Gasteiger partial charge is 0.321 e. The predicted octanol–water partition coefficient (Wildman–Crippen LogP) is 2.47. The highest BCUT2D eigenvalue weighted by atomic mass is 16.4. The number of aromatic nitrogens is 2. The molecule has 1 fully saturated rings. The maximum atomic E-state index is 12.2. The van der Waals surface area contributed by atoms with E-state index in [0.717, 1.165) is 5.56 Å². The summed E-state index contributed by atoms with van der Waals surface area (Å²) in [5, 5.41) is 11.7. The van der Waals surface area contributed by atoms with Crippen LogP contribution in [0.1, 0.15) is 12.8 Å². The van der Waals surface area contributed by atoms with E-state index in [1.54, 1.807) is 17.3 Å². The minimum atomic E-state index is -0.792. The summed E-state index contributed by atoms with van der Waals surface area (Å²) in [6.45, 7) is 0.873. The first-order valence-electron chi connectivity index (χ1n) is 7.79. The van der Waals surface area contributed by atoms with E-state index in [1.807, 2.05) is 30.3 Å². The molecule has 0 spiro atoms. The topological polar surface area (TPSA) is 95.4 Å². The number of benzene rings is 1. The number of carboxylic acid groups (broad SMARTS) is 1. The van der Waals surface area contributed by atoms with Gasteiger partial charge in [0.25, 0.3) is 0 Å². The predicted molar refractivity (Wildman–Crippen MR) is 88.4 cm³/mol. The van der Waals surface area contributed by atoms with Crippen LogP contribution >= 0.6 is 0 Å². The summed E-state index contributed by atoms with van der Waals surface area (Å²) in [5.74, 6) is -0.557. The fourth-order valence-electron chi connectivity index (χ4n) is 2.66. The van der Waals surface area contributed by atoms with E-state index in [0.29, 0.717) is 37.4 Å². The van der Waals surface area contributed by atoms with Crippen LogP contribution < -0.4 is 5.32 Å². The summed E-state index contributed by atoms with van der Waals surface area (Å²) in [7, 11) is 0. The number of carboxylic acids is 1. The van der Waals surface area contributed by atoms with E-state index in [4.69, 9.17) is 5.11 Å². The van der Waals surface area contributed by atoms with Crippen LogP contribution in [0.2, 0.25) is 0 Å². The monoisotopic (exact) mass is 326 g/mol. The lowest BCUT2D eigenvalue weighted by atomic mass is 9.97. The summed E-state index contributed by atoms with van der Waals surface area (Å²) in [6, 6.07) is 9.32. The van der Waals surface area contributed by atoms with Crippen molar-refractivity contribution in [2.24, 2.45) is 5.92 Å². The van der Waals surface area contributed by atoms with E-state index < -0.39 is 5.97 Å². The minimum Gasteiger partial charge on any atom is -0.481 e. The Morgan fingerprint density at radius 3 is 2.29 bits per heavy atom. The molecule has 2 heterocycles. The Morgan fingerprint density at radius 2 is 1.71 bits per heavy atom. The zero-order chi connectivity index (χ0) is 16.9. The van der Waals surface area contributed by atoms with Crippen LogP contribution in [0.5, 0.6) is 0 Å². The molecule has 1 aliphatic rings. The molecule has 0 radical (unpaired) electrons. The number of carbonyl (C=O) groups is 2. The highest BCUT2D eigenvalue weighted by Crippen LogP contribution is 2.19. The third-order valence-corrected chi connectivity index (χ3v) is 4.07. The van der Waals surface area contributed by atoms with Crippen molar-refractivity contribution in [2.75, 3.05) is 18.4 Å². The van der Waals surface area contributed by atoms with Gasteiger partial charge in [0.2, 0.25) is 0 Å². The Bertz CT molecular complexity index is 710. The van der Waals surface area contributed by atoms with Gasteiger partial charge in [0, 0.05) is 18.7 Å². The summed E-state index contributed by atoms with van der Waals surface area (Å²) < 4.78 is 0. The second-order valence-corrected chi connectivity index (χ2v) is 5.69. The summed E-state index contributed by atoms with van der Waals surface area (Å²) >= 11 is 0. The third kappa shape index (κ3) is 3.68. The number of piperidine rings is 1. The summed E-state index contributed by atoms with van der Waals surface area (Å²) in [5.41, 5.74) is 1.42. The van der Waals surface area contributed by atoms with Crippen LogP contribution in [-0.4, -0.2) is 45.1 Å². The zero-order valence-corrected chi connectivity index (χ0v) is 13.1. The summed E-state index contributed by atoms with van der Waals surface area (Å²) in [4.78, 5) is 33.3. The van der Waals surface area contributed by atoms with Crippen molar-refractivity contribution in [2.45, 2.75) is 12.8 Å². The minimum absolute atomic E-state index is 0.255. The fourth-order valence-corrected chi connectivity index (χ4v) is 2.66. The molecule has 0 unspecified atom stereocenters. The molecular formula is C17H18N4O3. The molecule has 3 rings (SSSR count). The quantitative estimate of drug-likeness (QED) is 0.903. The molecule has 0 bridgehead atoms. The molecule has 24 heavy (non-hydrogen) atoms. The lowest BCUT2D eigenvalue weighted by molar-refractivity contribution is -0.143. The molecule has 7 nitrogen and oxygen atoms in total. The number of nitrogens with one attached hydrogen (secondary N) is 1. The molecule has 0 saturated carbocycles. The summed E-state index contributed by atoms with van der Waals surface area (Å²) in [6.07, 6.45) is 4.09. The van der Waals surface area contributed by atoms with Crippen molar-refractivity contribution in [3.8, 4) is 11.4 Å². The molecule has 2 aromatic rings. The largest absolute Gasteiger partial charge is 0.481 e. The van der Waals surface area contributed by atoms with Crippen LogP contribution in [0.3, 0.4) is 0 Å². The van der Waals surface area contributed by atoms with E-state index in [-0.39, 0.29) is 11.9 Å². The van der Waals surface area contributed by atoms with Crippen molar-refractivity contribution < 1.29 is 14.7 Å². The standard InChI is InChI=1S/C17H18N4O3/c22-16(23)13-6-8-21(9-7-13)17(24)20-14-10-18-15(19-11-14)12-4-2-1-3-5-12/h1-5,10-11,13H,6-9H2,(H,20,24)(H,22,23). The highest BCUT2D eigenvalue weighted by molar-refractivity contribution is 5.89. The molecule has 2 N–H and O–H groups in total. The van der Waals surface area contributed by atoms with Gasteiger partial charge in [0.1, 0.15) is 0 Å². The number of hydrogen-bond donors (Lipinski definition) is 2. The average Bonchev–Trinajstić information content (AvgIpc) is 2.63. The van der Waals surface area contributed by atoms with Crippen molar-refractivity contribution >= 4 is 17.7 Å². The zero-order valence-electron chi connectivity index (χ0n) is 13.1. The van der Waals surface area contributed by atoms with Crippen LogP contribution in [0.15, 0.2) is 42.7 Å². The van der Waals surface area contributed by atoms with Gasteiger partial charge in [-0.1, -0.05) is 30.3 Å². The number of amides is 2. The number of aliphatic carboxylic acids is 1. The maximum Gasteiger partial charge on any atom is 0.321 e. The molecule has 0 atom stereocenters. The Kier molecular flexibility index (Phi) is 4.69. The van der Waals surface area contributed by atoms with E-state index >= 15 is 0 Å². The highest BCUT2D eigenvalue weighted by Gasteiger charge is 2.27. The van der Waals surface area contributed by atoms with Crippen molar-refractivity contribution in [1.82, 2.24) is 14.9 Å². The molecule has 1 aromatic carbocycles. The first-order valence-corrected chi connectivity index (χ1v) is 7.79. The Labute approximate surface area is 139 Å². The molecule has 1 aromatic heterocycles. The van der Waals surface area contributed by atoms with Gasteiger partial charge in [0.05, 0.1) is 24.0 Å². The van der Waals surface area contributed by atoms with Crippen molar-refractivity contribution in [3.05, 3.63) is 42.7 Å². The van der Waals surface area contributed by atoms with Gasteiger partial charge in [-0.25, -0.2) is 14.8 Å². The van der Waals surface area contributed by atoms with Crippen molar-refractivity contribution in [3.63, 3.8) is 0 Å². The lowest BCUT2D eigenvalue weighted by Crippen LogP contribution is -2.42. The van der Waals surface area contributed by atoms with Gasteiger partial charge in [0.15, 0.2) is 5.82 Å². The van der Waals surface area contributed by atoms with Gasteiger partial charge in [-0.3, -0.25) is 4.79 Å². The number of carbonyl (C=O) groups excluding carboxylic acids is 1. The van der Waals surface area contributed by atoms with E-state index in [9.17, 15) is 9.59 Å². The van der Waals surface area contributed by atoms with E-state index in [1.165, 1.54) is 0 Å². The second-order valence-electron chi connectivity index (χ2n) is 5.69. The molecule has 1 aliphatic heterocycles. The van der Waals surface area contributed by atoms with Gasteiger partial charge in [-0.2, -0.15) is 0 Å². The first-order chi connectivity index (χ1) is 11.6. The Hall–Kier alpha value is -2.96. The van der Waals surface area contributed by atoms with E-state index in [2.05, 4.69) is 15.3 Å². The molecule has 0 aliphatic carbocycles. The normalized spacial score (nSPS) is 15.1. The Morgan fingerprint density at radius 1 is 1.08 bits per heavy atom.